The third-order valence-corrected chi connectivity index (χ3v) is 2.28. The van der Waals surface area contributed by atoms with Crippen LogP contribution in [0.3, 0.4) is 0 Å². The molecule has 82 valence electrons. The van der Waals surface area contributed by atoms with Gasteiger partial charge in [0.15, 0.2) is 5.78 Å². The van der Waals surface area contributed by atoms with E-state index in [1.807, 2.05) is 13.0 Å². The fourth-order valence-corrected chi connectivity index (χ4v) is 1.43. The van der Waals surface area contributed by atoms with Gasteiger partial charge >= 0.3 is 0 Å². The summed E-state index contributed by atoms with van der Waals surface area (Å²) >= 11 is 0. The number of carbonyl (C=O) groups is 1. The molecule has 0 bridgehead atoms. The fraction of sp³-hybridized carbons (Fsp3) is 0.462. The van der Waals surface area contributed by atoms with E-state index >= 15 is 0 Å². The summed E-state index contributed by atoms with van der Waals surface area (Å²) in [5.74, 6) is 0.186. The zero-order valence-corrected chi connectivity index (χ0v) is 9.92. The number of aryl methyl sites for hydroxylation is 1. The maximum atomic E-state index is 11.9. The number of nitrogen functional groups attached to an aromatic ring is 1. The average Bonchev–Trinajstić information content (AvgIpc) is 2.06. The van der Waals surface area contributed by atoms with Gasteiger partial charge in [0, 0.05) is 17.7 Å². The molecule has 0 aliphatic carbocycles. The highest BCUT2D eigenvalue weighted by molar-refractivity contribution is 5.97. The lowest BCUT2D eigenvalue weighted by Gasteiger charge is -2.17. The second-order valence-electron chi connectivity index (χ2n) is 5.23. The first-order valence-electron chi connectivity index (χ1n) is 5.19. The molecule has 15 heavy (non-hydrogen) atoms. The Labute approximate surface area is 91.5 Å². The van der Waals surface area contributed by atoms with Crippen LogP contribution in [0.4, 0.5) is 5.69 Å². The minimum absolute atomic E-state index is 0.0341. The van der Waals surface area contributed by atoms with Crippen LogP contribution in [0.5, 0.6) is 0 Å². The topological polar surface area (TPSA) is 43.1 Å². The number of hydrogen-bond acceptors (Lipinski definition) is 2. The van der Waals surface area contributed by atoms with Gasteiger partial charge in [0.05, 0.1) is 0 Å². The maximum Gasteiger partial charge on any atom is 0.163 e. The molecule has 2 nitrogen and oxygen atoms in total. The minimum atomic E-state index is 0.0341. The number of rotatable bonds is 2. The predicted molar refractivity (Wildman–Crippen MR) is 64.0 cm³/mol. The molecule has 0 heterocycles. The summed E-state index contributed by atoms with van der Waals surface area (Å²) in [5, 5.41) is 0. The number of hydrogen-bond donors (Lipinski definition) is 1. The molecule has 2 heteroatoms. The number of nitrogens with two attached hydrogens (primary N) is 1. The lowest BCUT2D eigenvalue weighted by atomic mass is 9.87. The van der Waals surface area contributed by atoms with E-state index in [2.05, 4.69) is 20.8 Å². The highest BCUT2D eigenvalue weighted by atomic mass is 16.1. The monoisotopic (exact) mass is 205 g/mol. The Hall–Kier alpha value is -1.31. The molecular formula is C13H19NO. The Morgan fingerprint density at radius 3 is 2.40 bits per heavy atom. The number of ketones is 1. The number of Topliss-reactive ketones (excluding diaryl/α,β-unsaturated/α-hetero) is 1. The van der Waals surface area contributed by atoms with Crippen molar-refractivity contribution in [2.45, 2.75) is 34.1 Å². The molecule has 1 aromatic rings. The first kappa shape index (κ1) is 11.8. The van der Waals surface area contributed by atoms with Crippen molar-refractivity contribution in [3.63, 3.8) is 0 Å². The van der Waals surface area contributed by atoms with Crippen LogP contribution in [-0.4, -0.2) is 5.78 Å². The lowest BCUT2D eigenvalue weighted by molar-refractivity contribution is 0.0940. The Kier molecular flexibility index (Phi) is 3.18. The largest absolute Gasteiger partial charge is 0.399 e. The second-order valence-corrected chi connectivity index (χ2v) is 5.23. The van der Waals surface area contributed by atoms with Crippen LogP contribution in [0, 0.1) is 12.3 Å². The smallest absolute Gasteiger partial charge is 0.163 e. The summed E-state index contributed by atoms with van der Waals surface area (Å²) in [7, 11) is 0. The van der Waals surface area contributed by atoms with E-state index in [9.17, 15) is 4.79 Å². The molecule has 0 saturated heterocycles. The molecule has 0 amide bonds. The summed E-state index contributed by atoms with van der Waals surface area (Å²) in [6.45, 7) is 8.11. The molecule has 0 spiro atoms. The van der Waals surface area contributed by atoms with Crippen molar-refractivity contribution in [1.82, 2.24) is 0 Å². The van der Waals surface area contributed by atoms with E-state index in [-0.39, 0.29) is 11.2 Å². The van der Waals surface area contributed by atoms with Crippen molar-refractivity contribution >= 4 is 11.5 Å². The van der Waals surface area contributed by atoms with Gasteiger partial charge in [0.25, 0.3) is 0 Å². The van der Waals surface area contributed by atoms with Gasteiger partial charge in [0.2, 0.25) is 0 Å². The molecule has 2 N–H and O–H groups in total. The molecule has 1 aromatic carbocycles. The first-order valence-corrected chi connectivity index (χ1v) is 5.19. The van der Waals surface area contributed by atoms with Crippen molar-refractivity contribution in [1.29, 1.82) is 0 Å². The van der Waals surface area contributed by atoms with E-state index in [0.717, 1.165) is 16.8 Å². The van der Waals surface area contributed by atoms with E-state index in [4.69, 9.17) is 5.73 Å². The number of anilines is 1. The molecule has 0 fully saturated rings. The molecule has 1 rings (SSSR count). The van der Waals surface area contributed by atoms with Gasteiger partial charge in [-0.1, -0.05) is 20.8 Å². The van der Waals surface area contributed by atoms with Gasteiger partial charge in [-0.05, 0) is 36.1 Å². The first-order chi connectivity index (χ1) is 6.79. The lowest BCUT2D eigenvalue weighted by Crippen LogP contribution is -2.13. The molecule has 0 radical (unpaired) electrons. The van der Waals surface area contributed by atoms with Gasteiger partial charge in [0.1, 0.15) is 0 Å². The van der Waals surface area contributed by atoms with Crippen molar-refractivity contribution in [2.75, 3.05) is 5.73 Å². The third-order valence-electron chi connectivity index (χ3n) is 2.28. The highest BCUT2D eigenvalue weighted by Crippen LogP contribution is 2.22. The highest BCUT2D eigenvalue weighted by Gasteiger charge is 2.17. The Balaban J connectivity index is 2.88. The van der Waals surface area contributed by atoms with Crippen LogP contribution < -0.4 is 5.73 Å². The van der Waals surface area contributed by atoms with Crippen LogP contribution in [-0.2, 0) is 0 Å². The Morgan fingerprint density at radius 2 is 1.93 bits per heavy atom. The second kappa shape index (κ2) is 4.05. The zero-order chi connectivity index (χ0) is 11.6. The molecule has 0 aliphatic rings. The SMILES string of the molecule is Cc1cc(C(=O)CC(C)(C)C)ccc1N. The molecule has 0 aromatic heterocycles. The summed E-state index contributed by atoms with van der Waals surface area (Å²) in [4.78, 5) is 11.9. The predicted octanol–water partition coefficient (Wildman–Crippen LogP) is 3.20. The van der Waals surface area contributed by atoms with Crippen LogP contribution in [0.25, 0.3) is 0 Å². The van der Waals surface area contributed by atoms with Crippen molar-refractivity contribution in [3.05, 3.63) is 29.3 Å². The van der Waals surface area contributed by atoms with Crippen LogP contribution in [0.15, 0.2) is 18.2 Å². The van der Waals surface area contributed by atoms with E-state index in [1.54, 1.807) is 12.1 Å². The fourth-order valence-electron chi connectivity index (χ4n) is 1.43. The summed E-state index contributed by atoms with van der Waals surface area (Å²) in [6.07, 6.45) is 0.566. The van der Waals surface area contributed by atoms with E-state index in [0.29, 0.717) is 6.42 Å². The molecule has 0 atom stereocenters. The van der Waals surface area contributed by atoms with E-state index < -0.39 is 0 Å². The minimum Gasteiger partial charge on any atom is -0.399 e. The van der Waals surface area contributed by atoms with Gasteiger partial charge in [-0.25, -0.2) is 0 Å². The average molecular weight is 205 g/mol. The van der Waals surface area contributed by atoms with Crippen molar-refractivity contribution < 1.29 is 4.79 Å². The van der Waals surface area contributed by atoms with Gasteiger partial charge in [-0.15, -0.1) is 0 Å². The van der Waals surface area contributed by atoms with Crippen molar-refractivity contribution in [3.8, 4) is 0 Å². The summed E-state index contributed by atoms with van der Waals surface area (Å²) in [6, 6.07) is 5.46. The Morgan fingerprint density at radius 1 is 1.33 bits per heavy atom. The van der Waals surface area contributed by atoms with Crippen LogP contribution in [0.1, 0.15) is 43.1 Å². The molecule has 0 aliphatic heterocycles. The van der Waals surface area contributed by atoms with Crippen LogP contribution in [0.2, 0.25) is 0 Å². The van der Waals surface area contributed by atoms with Crippen LogP contribution >= 0.6 is 0 Å². The zero-order valence-electron chi connectivity index (χ0n) is 9.92. The molecule has 0 saturated carbocycles. The van der Waals surface area contributed by atoms with Crippen molar-refractivity contribution in [2.24, 2.45) is 5.41 Å². The number of benzene rings is 1. The number of carbonyl (C=O) groups excluding carboxylic acids is 1. The van der Waals surface area contributed by atoms with E-state index in [1.165, 1.54) is 0 Å². The van der Waals surface area contributed by atoms with Gasteiger partial charge < -0.3 is 5.73 Å². The summed E-state index contributed by atoms with van der Waals surface area (Å²) in [5.41, 5.74) is 8.21. The third kappa shape index (κ3) is 3.39. The summed E-state index contributed by atoms with van der Waals surface area (Å²) < 4.78 is 0. The van der Waals surface area contributed by atoms with Gasteiger partial charge in [-0.3, -0.25) is 4.79 Å². The molecular weight excluding hydrogens is 186 g/mol. The maximum absolute atomic E-state index is 11.9. The molecule has 0 unspecified atom stereocenters. The quantitative estimate of drug-likeness (QED) is 0.595. The standard InChI is InChI=1S/C13H19NO/c1-9-7-10(5-6-11(9)14)12(15)8-13(2,3)4/h5-7H,8,14H2,1-4H3. The normalized spacial score (nSPS) is 11.5. The van der Waals surface area contributed by atoms with Gasteiger partial charge in [-0.2, -0.15) is 0 Å². The Bertz CT molecular complexity index is 375.